The van der Waals surface area contributed by atoms with Gasteiger partial charge >= 0.3 is 0 Å². The molecule has 1 aromatic rings. The van der Waals surface area contributed by atoms with Gasteiger partial charge in [0.05, 0.1) is 0 Å². The molecular formula is C16H26N2. The standard InChI is InChI=1S/C16H26N2/c1-3-13-7-6-9-15(11-13)18(2)16-10-5-4-8-14(16)12-17/h4-5,8,10,13,15H,3,6-7,9,11-12,17H2,1-2H3. The van der Waals surface area contributed by atoms with E-state index in [1.165, 1.54) is 43.4 Å². The molecule has 0 bridgehead atoms. The Morgan fingerprint density at radius 2 is 2.06 bits per heavy atom. The highest BCUT2D eigenvalue weighted by Crippen LogP contribution is 2.32. The molecule has 1 aliphatic rings. The van der Waals surface area contributed by atoms with Crippen LogP contribution in [0.4, 0.5) is 5.69 Å². The van der Waals surface area contributed by atoms with E-state index in [9.17, 15) is 0 Å². The molecule has 0 aromatic heterocycles. The Morgan fingerprint density at radius 3 is 2.78 bits per heavy atom. The minimum atomic E-state index is 0.629. The van der Waals surface area contributed by atoms with Crippen molar-refractivity contribution in [2.24, 2.45) is 11.7 Å². The molecule has 2 N–H and O–H groups in total. The van der Waals surface area contributed by atoms with E-state index in [1.807, 2.05) is 0 Å². The van der Waals surface area contributed by atoms with Crippen molar-refractivity contribution in [1.82, 2.24) is 0 Å². The summed E-state index contributed by atoms with van der Waals surface area (Å²) in [6.45, 7) is 2.95. The van der Waals surface area contributed by atoms with E-state index in [1.54, 1.807) is 0 Å². The maximum absolute atomic E-state index is 5.84. The fourth-order valence-corrected chi connectivity index (χ4v) is 3.21. The highest BCUT2D eigenvalue weighted by atomic mass is 15.1. The van der Waals surface area contributed by atoms with E-state index in [-0.39, 0.29) is 0 Å². The fourth-order valence-electron chi connectivity index (χ4n) is 3.21. The maximum atomic E-state index is 5.84. The molecule has 100 valence electrons. The van der Waals surface area contributed by atoms with Gasteiger partial charge in [-0.15, -0.1) is 0 Å². The predicted octanol–water partition coefficient (Wildman–Crippen LogP) is 3.55. The first-order valence-corrected chi connectivity index (χ1v) is 7.27. The van der Waals surface area contributed by atoms with Crippen LogP contribution in [0.2, 0.25) is 0 Å². The summed E-state index contributed by atoms with van der Waals surface area (Å²) in [5, 5.41) is 0. The van der Waals surface area contributed by atoms with E-state index in [0.29, 0.717) is 12.6 Å². The topological polar surface area (TPSA) is 29.3 Å². The van der Waals surface area contributed by atoms with Gasteiger partial charge in [0.25, 0.3) is 0 Å². The zero-order chi connectivity index (χ0) is 13.0. The third kappa shape index (κ3) is 2.86. The van der Waals surface area contributed by atoms with Crippen molar-refractivity contribution in [2.45, 2.75) is 51.6 Å². The SMILES string of the molecule is CCC1CCCC(N(C)c2ccccc2CN)C1. The highest BCUT2D eigenvalue weighted by Gasteiger charge is 2.24. The lowest BCUT2D eigenvalue weighted by molar-refractivity contribution is 0.308. The number of nitrogens with two attached hydrogens (primary N) is 1. The van der Waals surface area contributed by atoms with Crippen LogP contribution in [0.15, 0.2) is 24.3 Å². The van der Waals surface area contributed by atoms with Crippen LogP contribution in [0.1, 0.15) is 44.6 Å². The second-order valence-electron chi connectivity index (χ2n) is 5.54. The number of anilines is 1. The van der Waals surface area contributed by atoms with Crippen molar-refractivity contribution in [3.05, 3.63) is 29.8 Å². The summed E-state index contributed by atoms with van der Waals surface area (Å²) >= 11 is 0. The lowest BCUT2D eigenvalue weighted by atomic mass is 9.83. The molecule has 1 saturated carbocycles. The number of rotatable bonds is 4. The molecule has 0 spiro atoms. The minimum absolute atomic E-state index is 0.629. The van der Waals surface area contributed by atoms with Gasteiger partial charge in [-0.1, -0.05) is 44.4 Å². The second kappa shape index (κ2) is 6.24. The van der Waals surface area contributed by atoms with Crippen LogP contribution >= 0.6 is 0 Å². The molecule has 2 rings (SSSR count). The molecule has 2 nitrogen and oxygen atoms in total. The molecule has 0 radical (unpaired) electrons. The molecule has 0 amide bonds. The summed E-state index contributed by atoms with van der Waals surface area (Å²) in [6.07, 6.45) is 6.78. The van der Waals surface area contributed by atoms with Gasteiger partial charge in [-0.05, 0) is 30.4 Å². The van der Waals surface area contributed by atoms with Gasteiger partial charge in [0.15, 0.2) is 0 Å². The largest absolute Gasteiger partial charge is 0.371 e. The van der Waals surface area contributed by atoms with Crippen LogP contribution in [0.3, 0.4) is 0 Å². The van der Waals surface area contributed by atoms with Crippen LogP contribution in [0.5, 0.6) is 0 Å². The molecule has 0 heterocycles. The Hall–Kier alpha value is -1.02. The third-order valence-corrected chi connectivity index (χ3v) is 4.47. The van der Waals surface area contributed by atoms with Crippen molar-refractivity contribution >= 4 is 5.69 Å². The van der Waals surface area contributed by atoms with Crippen LogP contribution in [-0.2, 0) is 6.54 Å². The summed E-state index contributed by atoms with van der Waals surface area (Å²) in [5.74, 6) is 0.913. The van der Waals surface area contributed by atoms with Crippen molar-refractivity contribution in [3.63, 3.8) is 0 Å². The molecule has 0 saturated heterocycles. The van der Waals surface area contributed by atoms with Crippen molar-refractivity contribution < 1.29 is 0 Å². The van der Waals surface area contributed by atoms with Crippen molar-refractivity contribution in [1.29, 1.82) is 0 Å². The Labute approximate surface area is 111 Å². The monoisotopic (exact) mass is 246 g/mol. The van der Waals surface area contributed by atoms with Gasteiger partial charge in [0.1, 0.15) is 0 Å². The summed E-state index contributed by atoms with van der Waals surface area (Å²) in [5.41, 5.74) is 8.43. The normalized spacial score (nSPS) is 23.9. The first kappa shape index (κ1) is 13.4. The molecular weight excluding hydrogens is 220 g/mol. The van der Waals surface area contributed by atoms with Gasteiger partial charge in [-0.3, -0.25) is 0 Å². The first-order chi connectivity index (χ1) is 8.76. The Balaban J connectivity index is 2.12. The zero-order valence-corrected chi connectivity index (χ0v) is 11.7. The van der Waals surface area contributed by atoms with Crippen molar-refractivity contribution in [2.75, 3.05) is 11.9 Å². The van der Waals surface area contributed by atoms with E-state index in [2.05, 4.69) is 43.1 Å². The molecule has 1 aromatic carbocycles. The average Bonchev–Trinajstić information content (AvgIpc) is 2.46. The maximum Gasteiger partial charge on any atom is 0.0411 e. The number of para-hydroxylation sites is 1. The van der Waals surface area contributed by atoms with Gasteiger partial charge in [0, 0.05) is 25.3 Å². The minimum Gasteiger partial charge on any atom is -0.371 e. The molecule has 0 aliphatic heterocycles. The van der Waals surface area contributed by atoms with Crippen LogP contribution < -0.4 is 10.6 Å². The molecule has 2 heteroatoms. The Morgan fingerprint density at radius 1 is 1.28 bits per heavy atom. The molecule has 2 atom stereocenters. The lowest BCUT2D eigenvalue weighted by Gasteiger charge is -2.37. The smallest absolute Gasteiger partial charge is 0.0411 e. The average molecular weight is 246 g/mol. The lowest BCUT2D eigenvalue weighted by Crippen LogP contribution is -2.36. The van der Waals surface area contributed by atoms with Gasteiger partial charge in [-0.2, -0.15) is 0 Å². The van der Waals surface area contributed by atoms with E-state index < -0.39 is 0 Å². The van der Waals surface area contributed by atoms with Gasteiger partial charge in [0.2, 0.25) is 0 Å². The Kier molecular flexibility index (Phi) is 4.65. The number of nitrogens with zero attached hydrogens (tertiary/aromatic N) is 1. The number of benzene rings is 1. The van der Waals surface area contributed by atoms with Gasteiger partial charge < -0.3 is 10.6 Å². The van der Waals surface area contributed by atoms with E-state index in [4.69, 9.17) is 5.73 Å². The zero-order valence-electron chi connectivity index (χ0n) is 11.7. The van der Waals surface area contributed by atoms with Crippen molar-refractivity contribution in [3.8, 4) is 0 Å². The molecule has 1 fully saturated rings. The van der Waals surface area contributed by atoms with E-state index >= 15 is 0 Å². The fraction of sp³-hybridized carbons (Fsp3) is 0.625. The summed E-state index contributed by atoms with van der Waals surface area (Å²) in [4.78, 5) is 2.46. The number of hydrogen-bond acceptors (Lipinski definition) is 2. The molecule has 18 heavy (non-hydrogen) atoms. The molecule has 2 unspecified atom stereocenters. The number of hydrogen-bond donors (Lipinski definition) is 1. The van der Waals surface area contributed by atoms with E-state index in [0.717, 1.165) is 5.92 Å². The van der Waals surface area contributed by atoms with Crippen LogP contribution in [0.25, 0.3) is 0 Å². The highest BCUT2D eigenvalue weighted by molar-refractivity contribution is 5.53. The van der Waals surface area contributed by atoms with Crippen LogP contribution in [0, 0.1) is 5.92 Å². The first-order valence-electron chi connectivity index (χ1n) is 7.27. The van der Waals surface area contributed by atoms with Crippen LogP contribution in [-0.4, -0.2) is 13.1 Å². The Bertz CT molecular complexity index is 375. The third-order valence-electron chi connectivity index (χ3n) is 4.47. The predicted molar refractivity (Wildman–Crippen MR) is 78.8 cm³/mol. The molecule has 1 aliphatic carbocycles. The summed E-state index contributed by atoms with van der Waals surface area (Å²) in [7, 11) is 2.23. The summed E-state index contributed by atoms with van der Waals surface area (Å²) < 4.78 is 0. The summed E-state index contributed by atoms with van der Waals surface area (Å²) in [6, 6.07) is 9.24. The second-order valence-corrected chi connectivity index (χ2v) is 5.54. The van der Waals surface area contributed by atoms with Gasteiger partial charge in [-0.25, -0.2) is 0 Å². The quantitative estimate of drug-likeness (QED) is 0.880.